The van der Waals surface area contributed by atoms with Gasteiger partial charge in [-0.2, -0.15) is 0 Å². The van der Waals surface area contributed by atoms with Crippen molar-refractivity contribution in [2.24, 2.45) is 5.92 Å². The van der Waals surface area contributed by atoms with Gasteiger partial charge < -0.3 is 15.1 Å². The normalized spacial score (nSPS) is 26.5. The minimum atomic E-state index is -0.0727. The summed E-state index contributed by atoms with van der Waals surface area (Å²) >= 11 is 0. The van der Waals surface area contributed by atoms with E-state index in [-0.39, 0.29) is 18.0 Å². The van der Waals surface area contributed by atoms with E-state index in [2.05, 4.69) is 17.6 Å². The molecule has 0 saturated carbocycles. The van der Waals surface area contributed by atoms with Crippen molar-refractivity contribution < 1.29 is 9.21 Å². The maximum absolute atomic E-state index is 12.0. The van der Waals surface area contributed by atoms with Gasteiger partial charge in [0, 0.05) is 0 Å². The second kappa shape index (κ2) is 5.36. The van der Waals surface area contributed by atoms with Crippen LogP contribution in [0.25, 0.3) is 0 Å². The Hall–Kier alpha value is -1.29. The highest BCUT2D eigenvalue weighted by Gasteiger charge is 2.25. The molecular weight excluding hydrogens is 216 g/mol. The third-order valence-electron chi connectivity index (χ3n) is 3.31. The number of hydrogen-bond donors (Lipinski definition) is 2. The van der Waals surface area contributed by atoms with Crippen molar-refractivity contribution in [3.8, 4) is 0 Å². The molecule has 1 amide bonds. The van der Waals surface area contributed by atoms with Crippen LogP contribution in [0, 0.1) is 5.92 Å². The standard InChI is InChI=1S/C13H20N2O2/c1-9-5-6-14-11(8-9)13(16)15-10(2)12-4-3-7-17-12/h3-4,7,9-11,14H,5-6,8H2,1-2H3,(H,15,16). The third-order valence-corrected chi connectivity index (χ3v) is 3.31. The summed E-state index contributed by atoms with van der Waals surface area (Å²) in [5.41, 5.74) is 0. The van der Waals surface area contributed by atoms with E-state index in [0.29, 0.717) is 5.92 Å². The Labute approximate surface area is 102 Å². The first-order valence-electron chi connectivity index (χ1n) is 6.24. The Kier molecular flexibility index (Phi) is 3.84. The van der Waals surface area contributed by atoms with Gasteiger partial charge in [-0.25, -0.2) is 0 Å². The molecule has 0 aliphatic carbocycles. The topological polar surface area (TPSA) is 54.3 Å². The Morgan fingerprint density at radius 3 is 3.12 bits per heavy atom. The number of amides is 1. The fourth-order valence-corrected chi connectivity index (χ4v) is 2.23. The van der Waals surface area contributed by atoms with Gasteiger partial charge in [-0.1, -0.05) is 6.92 Å². The van der Waals surface area contributed by atoms with Crippen LogP contribution in [0.5, 0.6) is 0 Å². The monoisotopic (exact) mass is 236 g/mol. The summed E-state index contributed by atoms with van der Waals surface area (Å²) in [6.07, 6.45) is 3.69. The maximum atomic E-state index is 12.0. The Morgan fingerprint density at radius 2 is 2.47 bits per heavy atom. The highest BCUT2D eigenvalue weighted by molar-refractivity contribution is 5.82. The molecule has 17 heavy (non-hydrogen) atoms. The van der Waals surface area contributed by atoms with Crippen LogP contribution in [0.1, 0.15) is 38.5 Å². The number of rotatable bonds is 3. The van der Waals surface area contributed by atoms with E-state index in [9.17, 15) is 4.79 Å². The fourth-order valence-electron chi connectivity index (χ4n) is 2.23. The predicted octanol–water partition coefficient (Wildman–Crippen LogP) is 1.84. The molecule has 1 fully saturated rings. The molecular formula is C13H20N2O2. The molecule has 4 heteroatoms. The van der Waals surface area contributed by atoms with Gasteiger partial charge in [-0.3, -0.25) is 4.79 Å². The van der Waals surface area contributed by atoms with Gasteiger partial charge in [-0.15, -0.1) is 0 Å². The molecule has 2 heterocycles. The van der Waals surface area contributed by atoms with E-state index in [1.807, 2.05) is 19.1 Å². The van der Waals surface area contributed by atoms with Crippen molar-refractivity contribution in [3.63, 3.8) is 0 Å². The minimum absolute atomic E-state index is 0.0591. The first-order chi connectivity index (χ1) is 8.16. The lowest BCUT2D eigenvalue weighted by atomic mass is 9.94. The lowest BCUT2D eigenvalue weighted by Crippen LogP contribution is -2.48. The third kappa shape index (κ3) is 3.09. The number of piperidine rings is 1. The van der Waals surface area contributed by atoms with Gasteiger partial charge >= 0.3 is 0 Å². The Morgan fingerprint density at radius 1 is 1.65 bits per heavy atom. The summed E-state index contributed by atoms with van der Waals surface area (Å²) in [4.78, 5) is 12.0. The smallest absolute Gasteiger partial charge is 0.237 e. The Bertz CT molecular complexity index is 362. The molecule has 1 aliphatic rings. The second-order valence-corrected chi connectivity index (χ2v) is 4.88. The summed E-state index contributed by atoms with van der Waals surface area (Å²) in [5.74, 6) is 1.48. The Balaban J connectivity index is 1.88. The SMILES string of the molecule is CC1CCNC(C(=O)NC(C)c2ccco2)C1. The molecule has 3 atom stereocenters. The first-order valence-corrected chi connectivity index (χ1v) is 6.24. The summed E-state index contributed by atoms with van der Waals surface area (Å²) in [5, 5.41) is 6.23. The molecule has 0 aromatic carbocycles. The number of nitrogens with one attached hydrogen (secondary N) is 2. The van der Waals surface area contributed by atoms with Crippen LogP contribution in [-0.2, 0) is 4.79 Å². The number of furan rings is 1. The fraction of sp³-hybridized carbons (Fsp3) is 0.615. The van der Waals surface area contributed by atoms with Crippen molar-refractivity contribution in [1.29, 1.82) is 0 Å². The highest BCUT2D eigenvalue weighted by Crippen LogP contribution is 2.17. The lowest BCUT2D eigenvalue weighted by Gasteiger charge is -2.28. The van der Waals surface area contributed by atoms with Gasteiger partial charge in [0.1, 0.15) is 5.76 Å². The molecule has 3 unspecified atom stereocenters. The van der Waals surface area contributed by atoms with E-state index in [1.54, 1.807) is 6.26 Å². The summed E-state index contributed by atoms with van der Waals surface area (Å²) in [6.45, 7) is 5.05. The van der Waals surface area contributed by atoms with Gasteiger partial charge in [0.25, 0.3) is 0 Å². The molecule has 0 spiro atoms. The molecule has 0 radical (unpaired) electrons. The zero-order valence-corrected chi connectivity index (χ0v) is 10.4. The predicted molar refractivity (Wildman–Crippen MR) is 65.5 cm³/mol. The van der Waals surface area contributed by atoms with E-state index in [0.717, 1.165) is 25.1 Å². The number of hydrogen-bond acceptors (Lipinski definition) is 3. The van der Waals surface area contributed by atoms with E-state index >= 15 is 0 Å². The van der Waals surface area contributed by atoms with Crippen molar-refractivity contribution in [2.75, 3.05) is 6.54 Å². The zero-order chi connectivity index (χ0) is 12.3. The molecule has 1 saturated heterocycles. The van der Waals surface area contributed by atoms with Crippen LogP contribution in [0.3, 0.4) is 0 Å². The summed E-state index contributed by atoms with van der Waals surface area (Å²) < 4.78 is 5.27. The maximum Gasteiger partial charge on any atom is 0.237 e. The van der Waals surface area contributed by atoms with Gasteiger partial charge in [0.15, 0.2) is 0 Å². The largest absolute Gasteiger partial charge is 0.467 e. The summed E-state index contributed by atoms with van der Waals surface area (Å²) in [6, 6.07) is 3.58. The highest BCUT2D eigenvalue weighted by atomic mass is 16.3. The van der Waals surface area contributed by atoms with Crippen LogP contribution in [0.4, 0.5) is 0 Å². The molecule has 0 bridgehead atoms. The van der Waals surface area contributed by atoms with Crippen molar-refractivity contribution >= 4 is 5.91 Å². The van der Waals surface area contributed by atoms with Crippen molar-refractivity contribution in [3.05, 3.63) is 24.2 Å². The molecule has 2 N–H and O–H groups in total. The zero-order valence-electron chi connectivity index (χ0n) is 10.4. The number of carbonyl (C=O) groups is 1. The average Bonchev–Trinajstić information content (AvgIpc) is 2.82. The summed E-state index contributed by atoms with van der Waals surface area (Å²) in [7, 11) is 0. The lowest BCUT2D eigenvalue weighted by molar-refractivity contribution is -0.124. The van der Waals surface area contributed by atoms with Crippen LogP contribution in [0.15, 0.2) is 22.8 Å². The van der Waals surface area contributed by atoms with Crippen molar-refractivity contribution in [2.45, 2.75) is 38.8 Å². The van der Waals surface area contributed by atoms with Gasteiger partial charge in [-0.05, 0) is 44.4 Å². The van der Waals surface area contributed by atoms with Crippen LogP contribution in [-0.4, -0.2) is 18.5 Å². The van der Waals surface area contributed by atoms with E-state index in [1.165, 1.54) is 0 Å². The van der Waals surface area contributed by atoms with Crippen molar-refractivity contribution in [1.82, 2.24) is 10.6 Å². The van der Waals surface area contributed by atoms with Gasteiger partial charge in [0.2, 0.25) is 5.91 Å². The molecule has 2 rings (SSSR count). The first kappa shape index (κ1) is 12.2. The molecule has 4 nitrogen and oxygen atoms in total. The number of carbonyl (C=O) groups excluding carboxylic acids is 1. The molecule has 1 aliphatic heterocycles. The molecule has 1 aromatic heterocycles. The average molecular weight is 236 g/mol. The minimum Gasteiger partial charge on any atom is -0.467 e. The van der Waals surface area contributed by atoms with E-state index < -0.39 is 0 Å². The van der Waals surface area contributed by atoms with Crippen LogP contribution in [0.2, 0.25) is 0 Å². The van der Waals surface area contributed by atoms with Crippen LogP contribution >= 0.6 is 0 Å². The van der Waals surface area contributed by atoms with Crippen LogP contribution < -0.4 is 10.6 Å². The van der Waals surface area contributed by atoms with Gasteiger partial charge in [0.05, 0.1) is 18.3 Å². The quantitative estimate of drug-likeness (QED) is 0.842. The second-order valence-electron chi connectivity index (χ2n) is 4.88. The molecule has 1 aromatic rings. The van der Waals surface area contributed by atoms with E-state index in [4.69, 9.17) is 4.42 Å². The molecule has 94 valence electrons.